The van der Waals surface area contributed by atoms with Crippen LogP contribution >= 0.6 is 11.3 Å². The van der Waals surface area contributed by atoms with Crippen molar-refractivity contribution in [2.24, 2.45) is 0 Å². The number of hydrogen-bond acceptors (Lipinski definition) is 4. The number of hydrogen-bond donors (Lipinski definition) is 1. The molecule has 2 heterocycles. The normalized spacial score (nSPS) is 15.5. The second kappa shape index (κ2) is 4.35. The molecule has 1 fully saturated rings. The van der Waals surface area contributed by atoms with Gasteiger partial charge in [0.15, 0.2) is 0 Å². The standard InChI is InChI=1S/C11H14N4S/c1-2-9(1)15-7-13-4-10(15)3-12-5-11-6-14-8-16-11/h4,6-9,12H,1-3,5H2. The van der Waals surface area contributed by atoms with Gasteiger partial charge in [-0.25, -0.2) is 4.98 Å². The first-order valence-corrected chi connectivity index (χ1v) is 6.40. The van der Waals surface area contributed by atoms with Crippen LogP contribution in [0.15, 0.2) is 24.2 Å². The number of thiazole rings is 1. The molecule has 0 bridgehead atoms. The van der Waals surface area contributed by atoms with E-state index in [4.69, 9.17) is 0 Å². The summed E-state index contributed by atoms with van der Waals surface area (Å²) in [5.74, 6) is 0. The number of nitrogens with one attached hydrogen (secondary N) is 1. The highest BCUT2D eigenvalue weighted by Gasteiger charge is 2.24. The van der Waals surface area contributed by atoms with Crippen molar-refractivity contribution in [1.82, 2.24) is 19.9 Å². The lowest BCUT2D eigenvalue weighted by molar-refractivity contribution is 0.623. The number of rotatable bonds is 5. The monoisotopic (exact) mass is 234 g/mol. The van der Waals surface area contributed by atoms with Crippen LogP contribution in [0.1, 0.15) is 29.5 Å². The van der Waals surface area contributed by atoms with Gasteiger partial charge in [0.1, 0.15) is 0 Å². The van der Waals surface area contributed by atoms with E-state index in [0.717, 1.165) is 13.1 Å². The van der Waals surface area contributed by atoms with E-state index in [0.29, 0.717) is 6.04 Å². The summed E-state index contributed by atoms with van der Waals surface area (Å²) in [6, 6.07) is 0.711. The average molecular weight is 234 g/mol. The molecule has 0 aliphatic heterocycles. The average Bonchev–Trinajstić information content (AvgIpc) is 2.82. The van der Waals surface area contributed by atoms with Gasteiger partial charge in [0.25, 0.3) is 0 Å². The molecule has 2 aromatic rings. The van der Waals surface area contributed by atoms with E-state index in [-0.39, 0.29) is 0 Å². The maximum Gasteiger partial charge on any atom is 0.0951 e. The summed E-state index contributed by atoms with van der Waals surface area (Å²) in [5.41, 5.74) is 3.15. The third-order valence-corrected chi connectivity index (χ3v) is 3.55. The van der Waals surface area contributed by atoms with Crippen LogP contribution in [0.25, 0.3) is 0 Å². The van der Waals surface area contributed by atoms with Gasteiger partial charge < -0.3 is 9.88 Å². The molecular weight excluding hydrogens is 220 g/mol. The second-order valence-electron chi connectivity index (χ2n) is 4.09. The van der Waals surface area contributed by atoms with Gasteiger partial charge in [-0.2, -0.15) is 0 Å². The molecule has 2 aromatic heterocycles. The maximum absolute atomic E-state index is 4.21. The zero-order valence-corrected chi connectivity index (χ0v) is 9.78. The zero-order chi connectivity index (χ0) is 10.8. The Hall–Kier alpha value is -1.20. The van der Waals surface area contributed by atoms with Crippen LogP contribution in [0, 0.1) is 0 Å². The fourth-order valence-electron chi connectivity index (χ4n) is 1.79. The van der Waals surface area contributed by atoms with E-state index in [1.807, 2.05) is 24.2 Å². The SMILES string of the molecule is c1ncc(CNCc2cncn2C2CC2)s1. The minimum Gasteiger partial charge on any atom is -0.330 e. The highest BCUT2D eigenvalue weighted by atomic mass is 32.1. The van der Waals surface area contributed by atoms with E-state index in [1.165, 1.54) is 23.4 Å². The van der Waals surface area contributed by atoms with Crippen molar-refractivity contribution in [3.05, 3.63) is 34.8 Å². The summed E-state index contributed by atoms with van der Waals surface area (Å²) in [5, 5.41) is 3.42. The minimum absolute atomic E-state index is 0.711. The van der Waals surface area contributed by atoms with Crippen LogP contribution in [-0.2, 0) is 13.1 Å². The third-order valence-electron chi connectivity index (χ3n) is 2.78. The van der Waals surface area contributed by atoms with Gasteiger partial charge in [0, 0.05) is 36.4 Å². The van der Waals surface area contributed by atoms with Crippen LogP contribution in [0.4, 0.5) is 0 Å². The molecular formula is C11H14N4S. The molecule has 1 aliphatic rings. The van der Waals surface area contributed by atoms with Crippen molar-refractivity contribution < 1.29 is 0 Å². The Bertz CT molecular complexity index is 444. The predicted molar refractivity (Wildman–Crippen MR) is 63.2 cm³/mol. The van der Waals surface area contributed by atoms with Gasteiger partial charge in [-0.05, 0) is 12.8 Å². The lowest BCUT2D eigenvalue weighted by atomic mass is 10.4. The fraction of sp³-hybridized carbons (Fsp3) is 0.455. The first-order chi connectivity index (χ1) is 7.93. The Kier molecular flexibility index (Phi) is 2.71. The van der Waals surface area contributed by atoms with Gasteiger partial charge in [-0.1, -0.05) is 0 Å². The van der Waals surface area contributed by atoms with Crippen LogP contribution in [0.3, 0.4) is 0 Å². The molecule has 1 aliphatic carbocycles. The van der Waals surface area contributed by atoms with Crippen molar-refractivity contribution in [3.63, 3.8) is 0 Å². The second-order valence-corrected chi connectivity index (χ2v) is 5.07. The highest BCUT2D eigenvalue weighted by molar-refractivity contribution is 7.09. The summed E-state index contributed by atoms with van der Waals surface area (Å²) in [7, 11) is 0. The summed E-state index contributed by atoms with van der Waals surface area (Å²) in [6.07, 6.45) is 8.42. The molecule has 0 atom stereocenters. The van der Waals surface area contributed by atoms with Gasteiger partial charge in [-0.3, -0.25) is 4.98 Å². The molecule has 5 heteroatoms. The maximum atomic E-state index is 4.21. The van der Waals surface area contributed by atoms with Crippen molar-refractivity contribution in [2.75, 3.05) is 0 Å². The molecule has 1 N–H and O–H groups in total. The zero-order valence-electron chi connectivity index (χ0n) is 8.97. The van der Waals surface area contributed by atoms with E-state index < -0.39 is 0 Å². The van der Waals surface area contributed by atoms with E-state index in [2.05, 4.69) is 19.9 Å². The summed E-state index contributed by atoms with van der Waals surface area (Å²) in [4.78, 5) is 9.54. The predicted octanol–water partition coefficient (Wildman–Crippen LogP) is 1.96. The summed E-state index contributed by atoms with van der Waals surface area (Å²) in [6.45, 7) is 1.77. The van der Waals surface area contributed by atoms with Crippen LogP contribution in [-0.4, -0.2) is 14.5 Å². The van der Waals surface area contributed by atoms with Gasteiger partial charge in [-0.15, -0.1) is 11.3 Å². The van der Waals surface area contributed by atoms with E-state index in [9.17, 15) is 0 Å². The van der Waals surface area contributed by atoms with Crippen molar-refractivity contribution in [2.45, 2.75) is 32.0 Å². The molecule has 0 radical (unpaired) electrons. The van der Waals surface area contributed by atoms with E-state index in [1.54, 1.807) is 11.3 Å². The van der Waals surface area contributed by atoms with Crippen molar-refractivity contribution in [3.8, 4) is 0 Å². The van der Waals surface area contributed by atoms with Crippen molar-refractivity contribution in [1.29, 1.82) is 0 Å². The molecule has 16 heavy (non-hydrogen) atoms. The largest absolute Gasteiger partial charge is 0.330 e. The number of nitrogens with zero attached hydrogens (tertiary/aromatic N) is 3. The minimum atomic E-state index is 0.711. The summed E-state index contributed by atoms with van der Waals surface area (Å²) >= 11 is 1.69. The quantitative estimate of drug-likeness (QED) is 0.860. The first-order valence-electron chi connectivity index (χ1n) is 5.52. The molecule has 0 amide bonds. The topological polar surface area (TPSA) is 42.7 Å². The Balaban J connectivity index is 1.56. The highest BCUT2D eigenvalue weighted by Crippen LogP contribution is 2.35. The van der Waals surface area contributed by atoms with Crippen molar-refractivity contribution >= 4 is 11.3 Å². The van der Waals surface area contributed by atoms with Gasteiger partial charge in [0.2, 0.25) is 0 Å². The Morgan fingerprint density at radius 2 is 2.25 bits per heavy atom. The molecule has 4 nitrogen and oxygen atoms in total. The third kappa shape index (κ3) is 2.15. The molecule has 0 unspecified atom stereocenters. The van der Waals surface area contributed by atoms with Gasteiger partial charge in [0.05, 0.1) is 17.5 Å². The van der Waals surface area contributed by atoms with Crippen LogP contribution in [0.2, 0.25) is 0 Å². The lowest BCUT2D eigenvalue weighted by Gasteiger charge is -2.06. The number of imidazole rings is 1. The molecule has 0 spiro atoms. The Morgan fingerprint density at radius 1 is 1.31 bits per heavy atom. The Morgan fingerprint density at radius 3 is 3.00 bits per heavy atom. The van der Waals surface area contributed by atoms with Gasteiger partial charge >= 0.3 is 0 Å². The Labute approximate surface area is 98.4 Å². The molecule has 0 saturated heterocycles. The fourth-order valence-corrected chi connectivity index (χ4v) is 2.36. The molecule has 0 aromatic carbocycles. The lowest BCUT2D eigenvalue weighted by Crippen LogP contribution is -2.14. The smallest absolute Gasteiger partial charge is 0.0951 e. The molecule has 84 valence electrons. The summed E-state index contributed by atoms with van der Waals surface area (Å²) < 4.78 is 2.29. The molecule has 1 saturated carbocycles. The van der Waals surface area contributed by atoms with E-state index >= 15 is 0 Å². The van der Waals surface area contributed by atoms with Crippen LogP contribution < -0.4 is 5.32 Å². The van der Waals surface area contributed by atoms with Crippen LogP contribution in [0.5, 0.6) is 0 Å². The first kappa shape index (κ1) is 9.99. The number of aromatic nitrogens is 3. The molecule has 3 rings (SSSR count).